The van der Waals surface area contributed by atoms with Gasteiger partial charge in [-0.3, -0.25) is 33.6 Å². The first-order valence-corrected chi connectivity index (χ1v) is 33.1. The number of carbonyl (C=O) groups excluding carboxylic acids is 11. The minimum Gasteiger partial charge on any atom is -0.444 e. The van der Waals surface area contributed by atoms with Gasteiger partial charge in [0.05, 0.1) is 13.1 Å². The SMILES string of the molecule is CCC(C)C(=O)NCC(NC(=O)C(CNC(=O)OC(C)(C)C)NC(=O)OC(C)(C)C)C(=O)NC(CNC(=O)C(CNC(=O)C(CNC(=O)OC(C)(C)C)NC(=O)OC(C)(C)C)NC(=O)C(C)CC)C(=O)NCCCCc1cccc(C#C[Si](C)(C)C)c1. The second-order valence-corrected chi connectivity index (χ2v) is 30.9. The van der Waals surface area contributed by atoms with E-state index in [-0.39, 0.29) is 6.54 Å². The molecule has 0 fully saturated rings. The van der Waals surface area contributed by atoms with Gasteiger partial charge in [0.2, 0.25) is 41.4 Å². The molecule has 7 unspecified atom stereocenters. The molecule has 87 heavy (non-hydrogen) atoms. The molecule has 1 aromatic carbocycles. The van der Waals surface area contributed by atoms with Gasteiger partial charge >= 0.3 is 24.4 Å². The van der Waals surface area contributed by atoms with E-state index in [1.54, 1.807) is 111 Å². The highest BCUT2D eigenvalue weighted by atomic mass is 28.3. The van der Waals surface area contributed by atoms with E-state index in [1.807, 2.05) is 24.3 Å². The highest BCUT2D eigenvalue weighted by Gasteiger charge is 2.34. The van der Waals surface area contributed by atoms with Gasteiger partial charge in [0, 0.05) is 43.6 Å². The molecule has 0 saturated carbocycles. The number of amides is 11. The van der Waals surface area contributed by atoms with Crippen molar-refractivity contribution in [2.24, 2.45) is 11.8 Å². The summed E-state index contributed by atoms with van der Waals surface area (Å²) in [5, 5.41) is 27.9. The molecular formula is C60H101N11O15Si. The summed E-state index contributed by atoms with van der Waals surface area (Å²) >= 11 is 0. The van der Waals surface area contributed by atoms with Crippen molar-refractivity contribution in [3.05, 3.63) is 35.4 Å². The number of hydrogen-bond donors (Lipinski definition) is 11. The lowest BCUT2D eigenvalue weighted by Crippen LogP contribution is -2.63. The second-order valence-electron chi connectivity index (χ2n) is 26.1. The first-order chi connectivity index (χ1) is 40.0. The van der Waals surface area contributed by atoms with Gasteiger partial charge < -0.3 is 77.4 Å². The summed E-state index contributed by atoms with van der Waals surface area (Å²) in [6.45, 7) is 29.7. The van der Waals surface area contributed by atoms with E-state index in [2.05, 4.69) is 89.6 Å². The van der Waals surface area contributed by atoms with Gasteiger partial charge in [-0.2, -0.15) is 0 Å². The van der Waals surface area contributed by atoms with Crippen LogP contribution in [0.5, 0.6) is 0 Å². The normalized spacial score (nSPS) is 14.1. The van der Waals surface area contributed by atoms with Crippen LogP contribution >= 0.6 is 0 Å². The Morgan fingerprint density at radius 2 is 0.782 bits per heavy atom. The van der Waals surface area contributed by atoms with Crippen LogP contribution in [0, 0.1) is 23.3 Å². The number of nitrogens with one attached hydrogen (secondary N) is 11. The maximum atomic E-state index is 14.6. The van der Waals surface area contributed by atoms with Crippen molar-refractivity contribution in [2.75, 3.05) is 39.3 Å². The van der Waals surface area contributed by atoms with Crippen LogP contribution in [0.15, 0.2) is 24.3 Å². The molecule has 0 aliphatic heterocycles. The zero-order valence-corrected chi connectivity index (χ0v) is 55.8. The van der Waals surface area contributed by atoms with Crippen LogP contribution in [0.2, 0.25) is 19.6 Å². The van der Waals surface area contributed by atoms with Gasteiger partial charge in [-0.1, -0.05) is 65.4 Å². The molecule has 1 aromatic rings. The Balaban J connectivity index is 3.80. The van der Waals surface area contributed by atoms with E-state index >= 15 is 0 Å². The Bertz CT molecular complexity index is 2570. The summed E-state index contributed by atoms with van der Waals surface area (Å²) < 4.78 is 21.3. The molecule has 26 nitrogen and oxygen atoms in total. The summed E-state index contributed by atoms with van der Waals surface area (Å²) in [7, 11) is -1.63. The Morgan fingerprint density at radius 3 is 1.20 bits per heavy atom. The van der Waals surface area contributed by atoms with Gasteiger partial charge in [-0.05, 0) is 133 Å². The molecule has 11 amide bonds. The van der Waals surface area contributed by atoms with Crippen molar-refractivity contribution in [2.45, 2.75) is 215 Å². The smallest absolute Gasteiger partial charge is 0.408 e. The van der Waals surface area contributed by atoms with E-state index in [9.17, 15) is 52.7 Å². The first kappa shape index (κ1) is 77.4. The Kier molecular flexibility index (Phi) is 31.9. The molecule has 0 aromatic heterocycles. The minimum atomic E-state index is -1.68. The lowest BCUT2D eigenvalue weighted by atomic mass is 10.1. The van der Waals surface area contributed by atoms with E-state index in [4.69, 9.17) is 18.9 Å². The molecule has 0 aliphatic carbocycles. The van der Waals surface area contributed by atoms with Crippen molar-refractivity contribution >= 4 is 73.8 Å². The zero-order chi connectivity index (χ0) is 66.7. The largest absolute Gasteiger partial charge is 0.444 e. The van der Waals surface area contributed by atoms with Crippen molar-refractivity contribution in [3.8, 4) is 11.5 Å². The molecule has 0 heterocycles. The molecule has 0 spiro atoms. The highest BCUT2D eigenvalue weighted by Crippen LogP contribution is 2.13. The number of benzene rings is 1. The maximum Gasteiger partial charge on any atom is 0.408 e. The van der Waals surface area contributed by atoms with Crippen LogP contribution in [0.25, 0.3) is 0 Å². The quantitative estimate of drug-likeness (QED) is 0.0233. The summed E-state index contributed by atoms with van der Waals surface area (Å²) in [5.74, 6) is -3.73. The molecule has 1 rings (SSSR count). The van der Waals surface area contributed by atoms with Gasteiger partial charge in [0.15, 0.2) is 0 Å². The molecule has 490 valence electrons. The van der Waals surface area contributed by atoms with Crippen molar-refractivity contribution in [1.82, 2.24) is 58.5 Å². The lowest BCUT2D eigenvalue weighted by molar-refractivity contribution is -0.134. The zero-order valence-electron chi connectivity index (χ0n) is 54.8. The number of ether oxygens (including phenoxy) is 4. The van der Waals surface area contributed by atoms with E-state index in [1.165, 1.54) is 0 Å². The van der Waals surface area contributed by atoms with E-state index in [0.717, 1.165) is 11.1 Å². The third kappa shape index (κ3) is 35.6. The van der Waals surface area contributed by atoms with Crippen LogP contribution in [0.3, 0.4) is 0 Å². The Labute approximate surface area is 515 Å². The molecule has 27 heteroatoms. The van der Waals surface area contributed by atoms with Crippen LogP contribution < -0.4 is 58.5 Å². The average Bonchev–Trinajstić information content (AvgIpc) is 2.64. The summed E-state index contributed by atoms with van der Waals surface area (Å²) in [6, 6.07) is -0.111. The van der Waals surface area contributed by atoms with Gasteiger partial charge in [0.25, 0.3) is 0 Å². The van der Waals surface area contributed by atoms with Crippen molar-refractivity contribution in [3.63, 3.8) is 0 Å². The molecule has 0 aliphatic rings. The third-order valence-corrected chi connectivity index (χ3v) is 12.7. The van der Waals surface area contributed by atoms with E-state index in [0.29, 0.717) is 32.1 Å². The van der Waals surface area contributed by atoms with Gasteiger partial charge in [-0.25, -0.2) is 19.2 Å². The number of rotatable bonds is 29. The number of unbranched alkanes of at least 4 members (excludes halogenated alkanes) is 1. The first-order valence-electron chi connectivity index (χ1n) is 29.6. The summed E-state index contributed by atoms with van der Waals surface area (Å²) in [4.78, 5) is 149. The average molecular weight is 1240 g/mol. The molecule has 0 bridgehead atoms. The number of carbonyl (C=O) groups is 11. The molecular weight excluding hydrogens is 1140 g/mol. The monoisotopic (exact) mass is 1240 g/mol. The van der Waals surface area contributed by atoms with Crippen LogP contribution in [0.1, 0.15) is 148 Å². The van der Waals surface area contributed by atoms with Crippen LogP contribution in [-0.2, 0) is 58.9 Å². The predicted molar refractivity (Wildman–Crippen MR) is 331 cm³/mol. The number of alkyl carbamates (subject to hydrolysis) is 4. The topological polar surface area (TPSA) is 357 Å². The molecule has 11 N–H and O–H groups in total. The predicted octanol–water partition coefficient (Wildman–Crippen LogP) is 4.09. The Hall–Kier alpha value is -7.63. The van der Waals surface area contributed by atoms with Gasteiger partial charge in [0.1, 0.15) is 60.7 Å². The van der Waals surface area contributed by atoms with Crippen molar-refractivity contribution < 1.29 is 71.7 Å². The highest BCUT2D eigenvalue weighted by molar-refractivity contribution is 6.83. The Morgan fingerprint density at radius 1 is 0.437 bits per heavy atom. The summed E-state index contributed by atoms with van der Waals surface area (Å²) in [6.07, 6.45) is -1.42. The lowest BCUT2D eigenvalue weighted by Gasteiger charge is -2.28. The minimum absolute atomic E-state index is 0.100. The summed E-state index contributed by atoms with van der Waals surface area (Å²) in [5.41, 5.74) is 1.43. The molecule has 0 radical (unpaired) electrons. The second kappa shape index (κ2) is 35.9. The number of aryl methyl sites for hydroxylation is 1. The number of hydrogen-bond acceptors (Lipinski definition) is 15. The third-order valence-electron chi connectivity index (χ3n) is 11.9. The van der Waals surface area contributed by atoms with Crippen LogP contribution in [0.4, 0.5) is 19.2 Å². The fourth-order valence-electron chi connectivity index (χ4n) is 7.06. The van der Waals surface area contributed by atoms with Crippen LogP contribution in [-0.4, -0.2) is 166 Å². The van der Waals surface area contributed by atoms with Gasteiger partial charge in [-0.15, -0.1) is 5.54 Å². The van der Waals surface area contributed by atoms with Crippen molar-refractivity contribution in [1.29, 1.82) is 0 Å². The fourth-order valence-corrected chi connectivity index (χ4v) is 7.58. The standard InChI is InChI=1S/C60H101N11O15Si/c1-20-37(3)46(72)62-34-44(69-52(78)45(71-56(82)86-60(14,15)16)36-66-54(80)84-58(8,9)10)51(77)68-41(48(74)61-29-23-22-25-39-26-24-27-40(31-39)28-30-87(17,18)19)32-63-49(75)42(67-47(73)38(4)21-2)33-64-50(76)43(70-55(81)85-59(11,12)13)35-65-53(79)83-57(5,6)7/h24,26-27,31,37-38,41-45H,20-23,25,29,32-36H2,1-19H3,(H,61,74)(H,62,72)(H,63,75)(H,64,76)(H,65,79)(H,66,80)(H,67,73)(H,68,77)(H,69,78)(H,70,81)(H,71,82). The molecule has 0 saturated heterocycles. The fraction of sp³-hybridized carbons (Fsp3) is 0.683. The van der Waals surface area contributed by atoms with E-state index < -0.39 is 171 Å². The molecule has 7 atom stereocenters. The maximum absolute atomic E-state index is 14.6.